The summed E-state index contributed by atoms with van der Waals surface area (Å²) in [5.41, 5.74) is 2.10. The van der Waals surface area contributed by atoms with Gasteiger partial charge in [0.2, 0.25) is 0 Å². The summed E-state index contributed by atoms with van der Waals surface area (Å²) in [6, 6.07) is 7.44. The Balaban J connectivity index is 2.09. The van der Waals surface area contributed by atoms with Crippen LogP contribution in [-0.4, -0.2) is 16.2 Å². The number of nitrogens with zero attached hydrogens (tertiary/aromatic N) is 1. The number of benzene rings is 1. The first-order valence-electron chi connectivity index (χ1n) is 6.39. The van der Waals surface area contributed by atoms with Crippen LogP contribution < -0.4 is 4.74 Å². The van der Waals surface area contributed by atoms with E-state index in [-0.39, 0.29) is 12.3 Å². The molecule has 0 aliphatic rings. The van der Waals surface area contributed by atoms with Crippen LogP contribution in [-0.2, 0) is 6.61 Å². The highest BCUT2D eigenvalue weighted by atomic mass is 16.5. The molecule has 0 unspecified atom stereocenters. The van der Waals surface area contributed by atoms with E-state index in [1.807, 2.05) is 19.1 Å². The van der Waals surface area contributed by atoms with Gasteiger partial charge in [0.05, 0.1) is 0 Å². The Labute approximate surface area is 117 Å². The van der Waals surface area contributed by atoms with Crippen LogP contribution in [0.3, 0.4) is 0 Å². The zero-order valence-corrected chi connectivity index (χ0v) is 11.7. The van der Waals surface area contributed by atoms with Crippen molar-refractivity contribution in [1.82, 2.24) is 5.16 Å². The largest absolute Gasteiger partial charge is 0.485 e. The van der Waals surface area contributed by atoms with E-state index in [2.05, 4.69) is 25.1 Å². The predicted octanol–water partition coefficient (Wildman–Crippen LogP) is 3.38. The first-order valence-corrected chi connectivity index (χ1v) is 6.39. The van der Waals surface area contributed by atoms with Gasteiger partial charge >= 0.3 is 5.97 Å². The zero-order chi connectivity index (χ0) is 14.7. The fourth-order valence-electron chi connectivity index (χ4n) is 1.76. The number of aryl methyl sites for hydroxylation is 1. The second-order valence-electron chi connectivity index (χ2n) is 4.95. The molecule has 0 radical (unpaired) electrons. The van der Waals surface area contributed by atoms with Crippen molar-refractivity contribution < 1.29 is 19.2 Å². The number of hydrogen-bond acceptors (Lipinski definition) is 4. The second-order valence-corrected chi connectivity index (χ2v) is 4.95. The lowest BCUT2D eigenvalue weighted by atomic mass is 10.0. The third-order valence-electron chi connectivity index (χ3n) is 3.03. The molecule has 0 saturated carbocycles. The van der Waals surface area contributed by atoms with Crippen LogP contribution in [0.5, 0.6) is 5.75 Å². The standard InChI is InChI=1S/C15H17NO4/c1-9(2)11-5-4-10(3)14(6-11)19-8-12-7-13(15(17)18)16-20-12/h4-7,9H,8H2,1-3H3,(H,17,18). The quantitative estimate of drug-likeness (QED) is 0.905. The van der Waals surface area contributed by atoms with E-state index >= 15 is 0 Å². The molecule has 0 spiro atoms. The number of ether oxygens (including phenoxy) is 1. The summed E-state index contributed by atoms with van der Waals surface area (Å²) in [5.74, 6) is 0.459. The van der Waals surface area contributed by atoms with Gasteiger partial charge in [0.1, 0.15) is 12.4 Å². The van der Waals surface area contributed by atoms with E-state index < -0.39 is 5.97 Å². The van der Waals surface area contributed by atoms with Gasteiger partial charge in [-0.05, 0) is 30.0 Å². The van der Waals surface area contributed by atoms with Crippen molar-refractivity contribution >= 4 is 5.97 Å². The van der Waals surface area contributed by atoms with Crippen LogP contribution in [0.2, 0.25) is 0 Å². The molecular formula is C15H17NO4. The molecule has 0 aliphatic heterocycles. The van der Waals surface area contributed by atoms with Gasteiger partial charge in [0, 0.05) is 6.07 Å². The molecule has 0 atom stereocenters. The van der Waals surface area contributed by atoms with Gasteiger partial charge in [0.15, 0.2) is 11.5 Å². The summed E-state index contributed by atoms with van der Waals surface area (Å²) >= 11 is 0. The number of carboxylic acids is 1. The van der Waals surface area contributed by atoms with Crippen molar-refractivity contribution in [3.8, 4) is 5.75 Å². The molecule has 2 aromatic rings. The molecule has 1 N–H and O–H groups in total. The average molecular weight is 275 g/mol. The van der Waals surface area contributed by atoms with Crippen LogP contribution in [0.15, 0.2) is 28.8 Å². The van der Waals surface area contributed by atoms with Gasteiger partial charge in [-0.1, -0.05) is 31.1 Å². The normalized spacial score (nSPS) is 10.8. The number of carboxylic acid groups (broad SMARTS) is 1. The van der Waals surface area contributed by atoms with Crippen LogP contribution in [0.1, 0.15) is 47.1 Å². The van der Waals surface area contributed by atoms with Crippen molar-refractivity contribution in [2.45, 2.75) is 33.3 Å². The fraction of sp³-hybridized carbons (Fsp3) is 0.333. The molecule has 1 aromatic heterocycles. The monoisotopic (exact) mass is 275 g/mol. The molecule has 0 saturated heterocycles. The molecule has 0 aliphatic carbocycles. The first kappa shape index (κ1) is 14.1. The minimum Gasteiger partial charge on any atom is -0.485 e. The lowest BCUT2D eigenvalue weighted by Gasteiger charge is -2.11. The summed E-state index contributed by atoms with van der Waals surface area (Å²) in [6.07, 6.45) is 0. The molecule has 20 heavy (non-hydrogen) atoms. The molecule has 1 heterocycles. The topological polar surface area (TPSA) is 72.6 Å². The van der Waals surface area contributed by atoms with Gasteiger partial charge in [-0.2, -0.15) is 0 Å². The lowest BCUT2D eigenvalue weighted by Crippen LogP contribution is -1.98. The maximum absolute atomic E-state index is 10.7. The summed E-state index contributed by atoms with van der Waals surface area (Å²) in [6.45, 7) is 6.35. The molecule has 106 valence electrons. The molecule has 0 bridgehead atoms. The van der Waals surface area contributed by atoms with Crippen LogP contribution >= 0.6 is 0 Å². The summed E-state index contributed by atoms with van der Waals surface area (Å²) in [4.78, 5) is 10.7. The Morgan fingerprint density at radius 2 is 2.15 bits per heavy atom. The average Bonchev–Trinajstić information content (AvgIpc) is 2.86. The van der Waals surface area contributed by atoms with E-state index in [0.29, 0.717) is 11.7 Å². The Hall–Kier alpha value is -2.30. The van der Waals surface area contributed by atoms with Crippen molar-refractivity contribution in [3.05, 3.63) is 46.8 Å². The van der Waals surface area contributed by atoms with Crippen molar-refractivity contribution in [2.75, 3.05) is 0 Å². The van der Waals surface area contributed by atoms with Crippen LogP contribution in [0.4, 0.5) is 0 Å². The van der Waals surface area contributed by atoms with E-state index in [1.54, 1.807) is 0 Å². The van der Waals surface area contributed by atoms with Gasteiger partial charge in [-0.25, -0.2) is 4.79 Å². The Kier molecular flexibility index (Phi) is 4.08. The summed E-state index contributed by atoms with van der Waals surface area (Å²) < 4.78 is 10.6. The van der Waals surface area contributed by atoms with E-state index in [4.69, 9.17) is 14.4 Å². The van der Waals surface area contributed by atoms with E-state index in [1.165, 1.54) is 11.6 Å². The molecular weight excluding hydrogens is 258 g/mol. The molecule has 0 fully saturated rings. The van der Waals surface area contributed by atoms with Gasteiger partial charge in [-0.15, -0.1) is 0 Å². The summed E-state index contributed by atoms with van der Waals surface area (Å²) in [7, 11) is 0. The minimum atomic E-state index is -1.11. The fourth-order valence-corrected chi connectivity index (χ4v) is 1.76. The lowest BCUT2D eigenvalue weighted by molar-refractivity contribution is 0.0685. The highest BCUT2D eigenvalue weighted by Gasteiger charge is 2.12. The molecule has 5 heteroatoms. The second kappa shape index (κ2) is 5.77. The highest BCUT2D eigenvalue weighted by molar-refractivity contribution is 5.85. The number of aromatic carboxylic acids is 1. The van der Waals surface area contributed by atoms with E-state index in [9.17, 15) is 4.79 Å². The van der Waals surface area contributed by atoms with Crippen molar-refractivity contribution in [2.24, 2.45) is 0 Å². The number of carbonyl (C=O) groups is 1. The van der Waals surface area contributed by atoms with Crippen LogP contribution in [0.25, 0.3) is 0 Å². The predicted molar refractivity (Wildman–Crippen MR) is 73.1 cm³/mol. The minimum absolute atomic E-state index is 0.115. The van der Waals surface area contributed by atoms with Gasteiger partial charge in [-0.3, -0.25) is 0 Å². The van der Waals surface area contributed by atoms with Crippen molar-refractivity contribution in [1.29, 1.82) is 0 Å². The number of rotatable bonds is 5. The maximum Gasteiger partial charge on any atom is 0.358 e. The molecule has 2 rings (SSSR count). The Bertz CT molecular complexity index is 616. The SMILES string of the molecule is Cc1ccc(C(C)C)cc1OCc1cc(C(=O)O)no1. The van der Waals surface area contributed by atoms with Gasteiger partial charge < -0.3 is 14.4 Å². The van der Waals surface area contributed by atoms with E-state index in [0.717, 1.165) is 11.3 Å². The third-order valence-corrected chi connectivity index (χ3v) is 3.03. The first-order chi connectivity index (χ1) is 9.47. The molecule has 1 aromatic carbocycles. The van der Waals surface area contributed by atoms with Crippen LogP contribution in [0, 0.1) is 6.92 Å². The number of hydrogen-bond donors (Lipinski definition) is 1. The number of aromatic nitrogens is 1. The summed E-state index contributed by atoms with van der Waals surface area (Å²) in [5, 5.41) is 12.2. The third kappa shape index (κ3) is 3.17. The smallest absolute Gasteiger partial charge is 0.358 e. The Morgan fingerprint density at radius 1 is 1.40 bits per heavy atom. The molecule has 5 nitrogen and oxygen atoms in total. The Morgan fingerprint density at radius 3 is 2.75 bits per heavy atom. The maximum atomic E-state index is 10.7. The van der Waals surface area contributed by atoms with Crippen molar-refractivity contribution in [3.63, 3.8) is 0 Å². The highest BCUT2D eigenvalue weighted by Crippen LogP contribution is 2.25. The zero-order valence-electron chi connectivity index (χ0n) is 11.7. The molecule has 0 amide bonds. The van der Waals surface area contributed by atoms with Gasteiger partial charge in [0.25, 0.3) is 0 Å².